The van der Waals surface area contributed by atoms with Crippen LogP contribution in [0.1, 0.15) is 37.8 Å². The molecule has 1 aromatic rings. The van der Waals surface area contributed by atoms with E-state index in [1.54, 1.807) is 7.11 Å². The molecule has 3 N–H and O–H groups in total. The maximum Gasteiger partial charge on any atom is 0.225 e. The van der Waals surface area contributed by atoms with Gasteiger partial charge in [0.25, 0.3) is 0 Å². The van der Waals surface area contributed by atoms with Crippen molar-refractivity contribution in [2.45, 2.75) is 38.3 Å². The molecule has 0 saturated carbocycles. The van der Waals surface area contributed by atoms with E-state index in [2.05, 4.69) is 5.32 Å². The van der Waals surface area contributed by atoms with Crippen LogP contribution in [0.3, 0.4) is 0 Å². The predicted molar refractivity (Wildman–Crippen MR) is 88.0 cm³/mol. The summed E-state index contributed by atoms with van der Waals surface area (Å²) in [6.45, 7) is 2.69. The van der Waals surface area contributed by atoms with Crippen LogP contribution >= 0.6 is 0 Å². The van der Waals surface area contributed by atoms with Gasteiger partial charge in [-0.25, -0.2) is 0 Å². The summed E-state index contributed by atoms with van der Waals surface area (Å²) >= 11 is 0. The number of hydrogen-bond acceptors (Lipinski definition) is 4. The predicted octanol–water partition coefficient (Wildman–Crippen LogP) is 1.21. The van der Waals surface area contributed by atoms with Crippen LogP contribution in [0.25, 0.3) is 0 Å². The smallest absolute Gasteiger partial charge is 0.225 e. The number of carbonyl (C=O) groups is 2. The minimum Gasteiger partial charge on any atom is -0.497 e. The Balaban J connectivity index is 2.11. The van der Waals surface area contributed by atoms with Crippen LogP contribution in [0, 0.1) is 0 Å². The fourth-order valence-corrected chi connectivity index (χ4v) is 3.03. The van der Waals surface area contributed by atoms with Crippen molar-refractivity contribution in [3.63, 3.8) is 0 Å². The third-order valence-electron chi connectivity index (χ3n) is 4.24. The van der Waals surface area contributed by atoms with E-state index in [4.69, 9.17) is 10.5 Å². The van der Waals surface area contributed by atoms with Crippen molar-refractivity contribution < 1.29 is 14.3 Å². The first-order valence-corrected chi connectivity index (χ1v) is 7.95. The third-order valence-corrected chi connectivity index (χ3v) is 4.24. The van der Waals surface area contributed by atoms with Gasteiger partial charge < -0.3 is 20.7 Å². The highest BCUT2D eigenvalue weighted by atomic mass is 16.5. The lowest BCUT2D eigenvalue weighted by molar-refractivity contribution is -0.132. The van der Waals surface area contributed by atoms with Gasteiger partial charge in [0, 0.05) is 26.1 Å². The fraction of sp³-hybridized carbons (Fsp3) is 0.529. The summed E-state index contributed by atoms with van der Waals surface area (Å²) in [5.41, 5.74) is 6.63. The van der Waals surface area contributed by atoms with Crippen molar-refractivity contribution in [1.29, 1.82) is 0 Å². The zero-order valence-corrected chi connectivity index (χ0v) is 13.7. The lowest BCUT2D eigenvalue weighted by Crippen LogP contribution is -2.41. The molecular formula is C17H25N3O3. The average molecular weight is 319 g/mol. The van der Waals surface area contributed by atoms with Crippen LogP contribution in [0.2, 0.25) is 0 Å². The van der Waals surface area contributed by atoms with Crippen LogP contribution < -0.4 is 15.8 Å². The first kappa shape index (κ1) is 17.3. The van der Waals surface area contributed by atoms with Crippen LogP contribution in [0.4, 0.5) is 0 Å². The van der Waals surface area contributed by atoms with Gasteiger partial charge in [-0.2, -0.15) is 0 Å². The molecule has 23 heavy (non-hydrogen) atoms. The molecule has 0 aromatic heterocycles. The van der Waals surface area contributed by atoms with E-state index in [1.807, 2.05) is 29.2 Å². The standard InChI is InChI=1S/C17H25N3O3/c1-12(21)19-16(13-5-7-15(23-2)8-6-13)10-17(22)20-9-3-4-14(20)11-18/h5-8,14,16H,3-4,9-11,18H2,1-2H3,(H,19,21)/t14-,16-/m0/s1. The van der Waals surface area contributed by atoms with E-state index >= 15 is 0 Å². The van der Waals surface area contributed by atoms with Crippen LogP contribution in [-0.2, 0) is 9.59 Å². The molecule has 0 bridgehead atoms. The molecule has 2 amide bonds. The summed E-state index contributed by atoms with van der Waals surface area (Å²) in [7, 11) is 1.60. The molecule has 1 fully saturated rings. The monoisotopic (exact) mass is 319 g/mol. The zero-order valence-electron chi connectivity index (χ0n) is 13.7. The lowest BCUT2D eigenvalue weighted by atomic mass is 10.0. The molecule has 2 atom stereocenters. The molecule has 0 unspecified atom stereocenters. The molecule has 126 valence electrons. The molecule has 0 aliphatic carbocycles. The number of amides is 2. The molecule has 1 aromatic carbocycles. The van der Waals surface area contributed by atoms with Crippen molar-refractivity contribution in [2.75, 3.05) is 20.2 Å². The normalized spacial score (nSPS) is 18.6. The number of nitrogens with zero attached hydrogens (tertiary/aromatic N) is 1. The Hall–Kier alpha value is -2.08. The maximum atomic E-state index is 12.6. The van der Waals surface area contributed by atoms with Gasteiger partial charge in [-0.1, -0.05) is 12.1 Å². The molecule has 6 nitrogen and oxygen atoms in total. The van der Waals surface area contributed by atoms with E-state index < -0.39 is 0 Å². The first-order valence-electron chi connectivity index (χ1n) is 7.95. The highest BCUT2D eigenvalue weighted by Crippen LogP contribution is 2.24. The van der Waals surface area contributed by atoms with E-state index in [0.717, 1.165) is 30.7 Å². The van der Waals surface area contributed by atoms with Crippen molar-refractivity contribution in [2.24, 2.45) is 5.73 Å². The maximum absolute atomic E-state index is 12.6. The Morgan fingerprint density at radius 1 is 1.39 bits per heavy atom. The summed E-state index contributed by atoms with van der Waals surface area (Å²) in [6.07, 6.45) is 2.18. The number of likely N-dealkylation sites (tertiary alicyclic amines) is 1. The highest BCUT2D eigenvalue weighted by Gasteiger charge is 2.29. The summed E-state index contributed by atoms with van der Waals surface area (Å²) in [6, 6.07) is 7.18. The second-order valence-corrected chi connectivity index (χ2v) is 5.85. The molecule has 0 radical (unpaired) electrons. The molecular weight excluding hydrogens is 294 g/mol. The topological polar surface area (TPSA) is 84.7 Å². The van der Waals surface area contributed by atoms with Gasteiger partial charge in [-0.15, -0.1) is 0 Å². The van der Waals surface area contributed by atoms with Gasteiger partial charge in [0.05, 0.1) is 19.6 Å². The molecule has 1 aliphatic heterocycles. The van der Waals surface area contributed by atoms with Crippen LogP contribution in [0.15, 0.2) is 24.3 Å². The molecule has 1 saturated heterocycles. The van der Waals surface area contributed by atoms with Crippen LogP contribution in [0.5, 0.6) is 5.75 Å². The van der Waals surface area contributed by atoms with Gasteiger partial charge in [-0.3, -0.25) is 9.59 Å². The number of methoxy groups -OCH3 is 1. The lowest BCUT2D eigenvalue weighted by Gasteiger charge is -2.26. The van der Waals surface area contributed by atoms with Gasteiger partial charge in [0.1, 0.15) is 5.75 Å². The second-order valence-electron chi connectivity index (χ2n) is 5.85. The first-order chi connectivity index (χ1) is 11.0. The van der Waals surface area contributed by atoms with Crippen molar-refractivity contribution in [3.05, 3.63) is 29.8 Å². The number of hydrogen-bond donors (Lipinski definition) is 2. The summed E-state index contributed by atoms with van der Waals surface area (Å²) in [5, 5.41) is 2.86. The van der Waals surface area contributed by atoms with Gasteiger partial charge in [-0.05, 0) is 30.5 Å². The number of nitrogens with two attached hydrogens (primary N) is 1. The van der Waals surface area contributed by atoms with Crippen LogP contribution in [-0.4, -0.2) is 43.0 Å². The summed E-state index contributed by atoms with van der Waals surface area (Å²) in [5.74, 6) is 0.618. The minimum absolute atomic E-state index is 0.0347. The summed E-state index contributed by atoms with van der Waals surface area (Å²) < 4.78 is 5.14. The van der Waals surface area contributed by atoms with Crippen molar-refractivity contribution >= 4 is 11.8 Å². The van der Waals surface area contributed by atoms with Gasteiger partial charge in [0.2, 0.25) is 11.8 Å². The Labute approximate surface area is 137 Å². The summed E-state index contributed by atoms with van der Waals surface area (Å²) in [4.78, 5) is 25.9. The van der Waals surface area contributed by atoms with E-state index in [9.17, 15) is 9.59 Å². The quantitative estimate of drug-likeness (QED) is 0.825. The van der Waals surface area contributed by atoms with E-state index in [1.165, 1.54) is 6.92 Å². The molecule has 1 aliphatic rings. The number of benzene rings is 1. The number of carbonyl (C=O) groups excluding carboxylic acids is 2. The molecule has 1 heterocycles. The zero-order chi connectivity index (χ0) is 16.8. The molecule has 0 spiro atoms. The van der Waals surface area contributed by atoms with Gasteiger partial charge in [0.15, 0.2) is 0 Å². The van der Waals surface area contributed by atoms with Gasteiger partial charge >= 0.3 is 0 Å². The highest BCUT2D eigenvalue weighted by molar-refractivity contribution is 5.79. The largest absolute Gasteiger partial charge is 0.497 e. The number of ether oxygens (including phenoxy) is 1. The number of rotatable bonds is 6. The SMILES string of the molecule is COc1ccc([C@H](CC(=O)N2CCC[C@H]2CN)NC(C)=O)cc1. The Kier molecular flexibility index (Phi) is 5.98. The van der Waals surface area contributed by atoms with Crippen molar-refractivity contribution in [3.8, 4) is 5.75 Å². The minimum atomic E-state index is -0.343. The Morgan fingerprint density at radius 2 is 2.09 bits per heavy atom. The average Bonchev–Trinajstić information content (AvgIpc) is 3.02. The second kappa shape index (κ2) is 7.97. The van der Waals surface area contributed by atoms with E-state index in [0.29, 0.717) is 6.54 Å². The third kappa shape index (κ3) is 4.45. The molecule has 2 rings (SSSR count). The molecule has 6 heteroatoms. The Morgan fingerprint density at radius 3 is 2.65 bits per heavy atom. The fourth-order valence-electron chi connectivity index (χ4n) is 3.03. The van der Waals surface area contributed by atoms with Crippen molar-refractivity contribution in [1.82, 2.24) is 10.2 Å². The number of nitrogens with one attached hydrogen (secondary N) is 1. The van der Waals surface area contributed by atoms with E-state index in [-0.39, 0.29) is 30.3 Å². The Bertz CT molecular complexity index is 545.